The smallest absolute Gasteiger partial charge is 0.235 e. The molecule has 1 aliphatic heterocycles. The Morgan fingerprint density at radius 1 is 1.25 bits per heavy atom. The predicted octanol–water partition coefficient (Wildman–Crippen LogP) is 2.79. The van der Waals surface area contributed by atoms with Gasteiger partial charge in [-0.25, -0.2) is 0 Å². The summed E-state index contributed by atoms with van der Waals surface area (Å²) in [5, 5.41) is 0.106. The number of likely N-dealkylation sites (tertiary alicyclic amines) is 1. The topological polar surface area (TPSA) is 20.3 Å². The van der Waals surface area contributed by atoms with Gasteiger partial charge in [0.1, 0.15) is 0 Å². The van der Waals surface area contributed by atoms with Crippen LogP contribution in [0.4, 0.5) is 0 Å². The molecule has 1 atom stereocenters. The average Bonchev–Trinajstić information content (AvgIpc) is 2.46. The van der Waals surface area contributed by atoms with Crippen molar-refractivity contribution in [1.29, 1.82) is 0 Å². The number of hydrogen-bond donors (Lipinski definition) is 0. The van der Waals surface area contributed by atoms with E-state index in [1.54, 1.807) is 11.8 Å². The Morgan fingerprint density at radius 3 is 2.75 bits per heavy atom. The highest BCUT2D eigenvalue weighted by molar-refractivity contribution is 8.00. The first-order chi connectivity index (χ1) is 7.77. The number of carbonyl (C=O) groups is 1. The van der Waals surface area contributed by atoms with E-state index in [2.05, 4.69) is 12.1 Å². The Labute approximate surface area is 101 Å². The minimum absolute atomic E-state index is 0.106. The summed E-state index contributed by atoms with van der Waals surface area (Å²) >= 11 is 1.70. The van der Waals surface area contributed by atoms with E-state index in [-0.39, 0.29) is 11.2 Å². The first-order valence-electron chi connectivity index (χ1n) is 5.74. The molecule has 0 radical (unpaired) electrons. The summed E-state index contributed by atoms with van der Waals surface area (Å²) in [6.07, 6.45) is 3.29. The zero-order chi connectivity index (χ0) is 11.4. The molecule has 1 saturated heterocycles. The maximum Gasteiger partial charge on any atom is 0.235 e. The SMILES string of the molecule is CN1CCCCC(Sc2ccccc2)C1=O. The molecule has 1 unspecified atom stereocenters. The van der Waals surface area contributed by atoms with Crippen LogP contribution < -0.4 is 0 Å². The lowest BCUT2D eigenvalue weighted by molar-refractivity contribution is -0.128. The van der Waals surface area contributed by atoms with Crippen molar-refractivity contribution in [3.05, 3.63) is 30.3 Å². The van der Waals surface area contributed by atoms with Crippen molar-refractivity contribution < 1.29 is 4.79 Å². The molecule has 3 heteroatoms. The molecule has 0 aromatic heterocycles. The van der Waals surface area contributed by atoms with Gasteiger partial charge in [-0.3, -0.25) is 4.79 Å². The minimum Gasteiger partial charge on any atom is -0.345 e. The van der Waals surface area contributed by atoms with Gasteiger partial charge in [0.05, 0.1) is 5.25 Å². The van der Waals surface area contributed by atoms with E-state index in [9.17, 15) is 4.79 Å². The van der Waals surface area contributed by atoms with Crippen LogP contribution in [0.25, 0.3) is 0 Å². The number of rotatable bonds is 2. The summed E-state index contributed by atoms with van der Waals surface area (Å²) in [6, 6.07) is 10.2. The Morgan fingerprint density at radius 2 is 2.00 bits per heavy atom. The normalized spacial score (nSPS) is 21.9. The first-order valence-corrected chi connectivity index (χ1v) is 6.62. The average molecular weight is 235 g/mol. The van der Waals surface area contributed by atoms with Crippen molar-refractivity contribution in [2.75, 3.05) is 13.6 Å². The van der Waals surface area contributed by atoms with Gasteiger partial charge in [-0.15, -0.1) is 11.8 Å². The van der Waals surface area contributed by atoms with Crippen LogP contribution in [-0.4, -0.2) is 29.6 Å². The largest absolute Gasteiger partial charge is 0.345 e. The van der Waals surface area contributed by atoms with Crippen LogP contribution >= 0.6 is 11.8 Å². The van der Waals surface area contributed by atoms with Crippen molar-refractivity contribution in [1.82, 2.24) is 4.90 Å². The Kier molecular flexibility index (Phi) is 3.88. The van der Waals surface area contributed by atoms with Crippen molar-refractivity contribution in [2.24, 2.45) is 0 Å². The number of hydrogen-bond acceptors (Lipinski definition) is 2. The van der Waals surface area contributed by atoms with Crippen molar-refractivity contribution in [2.45, 2.75) is 29.4 Å². The molecule has 1 fully saturated rings. The Bertz CT molecular complexity index is 352. The summed E-state index contributed by atoms with van der Waals surface area (Å²) in [6.45, 7) is 0.907. The number of thioether (sulfide) groups is 1. The molecule has 1 aliphatic rings. The third-order valence-electron chi connectivity index (χ3n) is 2.88. The number of nitrogens with zero attached hydrogens (tertiary/aromatic N) is 1. The van der Waals surface area contributed by atoms with E-state index in [1.165, 1.54) is 4.90 Å². The molecule has 1 heterocycles. The lowest BCUT2D eigenvalue weighted by Crippen LogP contribution is -2.32. The molecule has 0 spiro atoms. The molecule has 2 nitrogen and oxygen atoms in total. The molecule has 16 heavy (non-hydrogen) atoms. The molecule has 86 valence electrons. The molecule has 1 amide bonds. The van der Waals surface area contributed by atoms with Gasteiger partial charge in [0.15, 0.2) is 0 Å². The van der Waals surface area contributed by atoms with Crippen LogP contribution in [0.2, 0.25) is 0 Å². The van der Waals surface area contributed by atoms with Gasteiger partial charge in [0, 0.05) is 18.5 Å². The summed E-state index contributed by atoms with van der Waals surface area (Å²) in [5.74, 6) is 0.284. The van der Waals surface area contributed by atoms with Gasteiger partial charge in [0.25, 0.3) is 0 Å². The highest BCUT2D eigenvalue weighted by Gasteiger charge is 2.25. The van der Waals surface area contributed by atoms with E-state index in [1.807, 2.05) is 30.1 Å². The zero-order valence-corrected chi connectivity index (χ0v) is 10.4. The molecular weight excluding hydrogens is 218 g/mol. The van der Waals surface area contributed by atoms with Crippen molar-refractivity contribution >= 4 is 17.7 Å². The fourth-order valence-electron chi connectivity index (χ4n) is 1.93. The number of carbonyl (C=O) groups excluding carboxylic acids is 1. The van der Waals surface area contributed by atoms with Crippen LogP contribution in [-0.2, 0) is 4.79 Å². The second-order valence-corrected chi connectivity index (χ2v) is 5.45. The maximum absolute atomic E-state index is 12.1. The van der Waals surface area contributed by atoms with Gasteiger partial charge >= 0.3 is 0 Å². The molecule has 0 aliphatic carbocycles. The lowest BCUT2D eigenvalue weighted by atomic mass is 10.2. The zero-order valence-electron chi connectivity index (χ0n) is 9.56. The second kappa shape index (κ2) is 5.39. The predicted molar refractivity (Wildman–Crippen MR) is 67.6 cm³/mol. The van der Waals surface area contributed by atoms with E-state index in [4.69, 9.17) is 0 Å². The van der Waals surface area contributed by atoms with E-state index < -0.39 is 0 Å². The van der Waals surface area contributed by atoms with Crippen LogP contribution in [0.5, 0.6) is 0 Å². The molecule has 1 aromatic carbocycles. The van der Waals surface area contributed by atoms with Crippen molar-refractivity contribution in [3.63, 3.8) is 0 Å². The highest BCUT2D eigenvalue weighted by atomic mass is 32.2. The molecule has 2 rings (SSSR count). The monoisotopic (exact) mass is 235 g/mol. The summed E-state index contributed by atoms with van der Waals surface area (Å²) in [4.78, 5) is 15.1. The van der Waals surface area contributed by atoms with Crippen LogP contribution in [0.15, 0.2) is 35.2 Å². The third-order valence-corrected chi connectivity index (χ3v) is 4.15. The molecular formula is C13H17NOS. The third kappa shape index (κ3) is 2.79. The van der Waals surface area contributed by atoms with E-state index in [0.29, 0.717) is 0 Å². The Hall–Kier alpha value is -0.960. The lowest BCUT2D eigenvalue weighted by Gasteiger charge is -2.19. The minimum atomic E-state index is 0.106. The Balaban J connectivity index is 2.05. The maximum atomic E-state index is 12.1. The molecule has 0 saturated carbocycles. The number of amides is 1. The molecule has 0 bridgehead atoms. The van der Waals surface area contributed by atoms with Crippen LogP contribution in [0, 0.1) is 0 Å². The van der Waals surface area contributed by atoms with E-state index >= 15 is 0 Å². The fourth-order valence-corrected chi connectivity index (χ4v) is 3.14. The van der Waals surface area contributed by atoms with Gasteiger partial charge < -0.3 is 4.90 Å². The van der Waals surface area contributed by atoms with Gasteiger partial charge in [0.2, 0.25) is 5.91 Å². The fraction of sp³-hybridized carbons (Fsp3) is 0.462. The standard InChI is InChI=1S/C13H17NOS/c1-14-10-6-5-9-12(13(14)15)16-11-7-3-2-4-8-11/h2-4,7-8,12H,5-6,9-10H2,1H3. The summed E-state index contributed by atoms with van der Waals surface area (Å²) < 4.78 is 0. The van der Waals surface area contributed by atoms with Crippen LogP contribution in [0.1, 0.15) is 19.3 Å². The quantitative estimate of drug-likeness (QED) is 0.785. The first kappa shape index (κ1) is 11.5. The number of benzene rings is 1. The molecule has 0 N–H and O–H groups in total. The van der Waals surface area contributed by atoms with Gasteiger partial charge in [-0.1, -0.05) is 24.6 Å². The van der Waals surface area contributed by atoms with E-state index in [0.717, 1.165) is 25.8 Å². The second-order valence-electron chi connectivity index (χ2n) is 4.18. The van der Waals surface area contributed by atoms with Gasteiger partial charge in [-0.2, -0.15) is 0 Å². The summed E-state index contributed by atoms with van der Waals surface area (Å²) in [7, 11) is 1.91. The molecule has 1 aromatic rings. The van der Waals surface area contributed by atoms with Crippen molar-refractivity contribution in [3.8, 4) is 0 Å². The van der Waals surface area contributed by atoms with Crippen LogP contribution in [0.3, 0.4) is 0 Å². The highest BCUT2D eigenvalue weighted by Crippen LogP contribution is 2.29. The van der Waals surface area contributed by atoms with Gasteiger partial charge in [-0.05, 0) is 25.0 Å². The summed E-state index contributed by atoms with van der Waals surface area (Å²) in [5.41, 5.74) is 0.